The molecule has 0 radical (unpaired) electrons. The summed E-state index contributed by atoms with van der Waals surface area (Å²) in [4.78, 5) is 22.9. The van der Waals surface area contributed by atoms with E-state index in [2.05, 4.69) is 46.4 Å². The number of hydrogen-bond acceptors (Lipinski definition) is 6. The maximum atomic E-state index is 13.9. The molecule has 1 aliphatic rings. The first-order valence-corrected chi connectivity index (χ1v) is 13.8. The van der Waals surface area contributed by atoms with E-state index >= 15 is 0 Å². The van der Waals surface area contributed by atoms with Gasteiger partial charge in [0.1, 0.15) is 6.33 Å². The lowest BCUT2D eigenvalue weighted by atomic mass is 9.96. The first-order valence-electron chi connectivity index (χ1n) is 13.8. The van der Waals surface area contributed by atoms with E-state index < -0.39 is 0 Å². The van der Waals surface area contributed by atoms with Crippen molar-refractivity contribution in [3.8, 4) is 17.3 Å². The molecule has 5 aromatic rings. The van der Waals surface area contributed by atoms with Crippen LogP contribution in [0.1, 0.15) is 59.6 Å². The third-order valence-corrected chi connectivity index (χ3v) is 8.19. The number of carbonyl (C=O) groups excluding carboxylic acids is 1. The fourth-order valence-corrected chi connectivity index (χ4v) is 5.84. The molecule has 1 aliphatic carbocycles. The quantitative estimate of drug-likeness (QED) is 0.244. The second-order valence-electron chi connectivity index (χ2n) is 10.6. The van der Waals surface area contributed by atoms with Crippen molar-refractivity contribution >= 4 is 28.3 Å². The zero-order valence-electron chi connectivity index (χ0n) is 22.7. The highest BCUT2D eigenvalue weighted by Gasteiger charge is 2.27. The standard InChI is InChI=1S/C32H31N7O/c1-21-8-7-13-27(22(21)2)37-28-12-6-5-11-25(28)32(40)38-17-15-26-30(34-20-35-31(26)38)24-18-36-39(19-24)29(14-16-33)23-9-3-4-10-23/h5-8,11-13,15,17-20,23,29,37H,3-4,9-10,14H2,1-2H3/t29-/m1/s1. The molecule has 1 fully saturated rings. The van der Waals surface area contributed by atoms with Crippen LogP contribution in [0.25, 0.3) is 22.3 Å². The third-order valence-electron chi connectivity index (χ3n) is 8.19. The highest BCUT2D eigenvalue weighted by Crippen LogP contribution is 2.37. The average molecular weight is 530 g/mol. The van der Waals surface area contributed by atoms with Crippen LogP contribution >= 0.6 is 0 Å². The lowest BCUT2D eigenvalue weighted by Crippen LogP contribution is -2.17. The molecule has 40 heavy (non-hydrogen) atoms. The number of aromatic nitrogens is 5. The Morgan fingerprint density at radius 3 is 2.70 bits per heavy atom. The minimum absolute atomic E-state index is 0.0609. The number of nitrogens with zero attached hydrogens (tertiary/aromatic N) is 6. The molecule has 3 aromatic heterocycles. The Morgan fingerprint density at radius 2 is 1.88 bits per heavy atom. The molecular formula is C32H31N7O. The predicted molar refractivity (Wildman–Crippen MR) is 155 cm³/mol. The molecule has 1 N–H and O–H groups in total. The van der Waals surface area contributed by atoms with Crippen molar-refractivity contribution in [1.82, 2.24) is 24.3 Å². The van der Waals surface area contributed by atoms with Crippen molar-refractivity contribution in [2.24, 2.45) is 5.92 Å². The molecule has 0 aliphatic heterocycles. The maximum Gasteiger partial charge on any atom is 0.265 e. The van der Waals surface area contributed by atoms with Gasteiger partial charge in [-0.2, -0.15) is 10.4 Å². The zero-order valence-corrected chi connectivity index (χ0v) is 22.7. The van der Waals surface area contributed by atoms with E-state index in [9.17, 15) is 10.1 Å². The second-order valence-corrected chi connectivity index (χ2v) is 10.6. The summed E-state index contributed by atoms with van der Waals surface area (Å²) in [5.41, 5.74) is 6.65. The normalized spacial score (nSPS) is 14.3. The molecule has 6 rings (SSSR count). The third kappa shape index (κ3) is 4.64. The van der Waals surface area contributed by atoms with E-state index in [1.54, 1.807) is 17.0 Å². The van der Waals surface area contributed by atoms with Crippen LogP contribution in [-0.4, -0.2) is 30.2 Å². The van der Waals surface area contributed by atoms with Gasteiger partial charge in [-0.15, -0.1) is 0 Å². The van der Waals surface area contributed by atoms with Gasteiger partial charge in [-0.05, 0) is 68.0 Å². The average Bonchev–Trinajstić information content (AvgIpc) is 3.75. The Kier molecular flexibility index (Phi) is 6.87. The lowest BCUT2D eigenvalue weighted by Gasteiger charge is -2.21. The Labute approximate surface area is 233 Å². The van der Waals surface area contributed by atoms with Gasteiger partial charge in [0, 0.05) is 29.0 Å². The predicted octanol–water partition coefficient (Wildman–Crippen LogP) is 6.99. The van der Waals surface area contributed by atoms with Gasteiger partial charge in [0.25, 0.3) is 5.91 Å². The van der Waals surface area contributed by atoms with Gasteiger partial charge in [-0.1, -0.05) is 37.1 Å². The molecule has 0 spiro atoms. The van der Waals surface area contributed by atoms with Crippen molar-refractivity contribution in [3.05, 3.63) is 90.1 Å². The van der Waals surface area contributed by atoms with E-state index in [-0.39, 0.29) is 11.9 Å². The molecule has 1 atom stereocenters. The summed E-state index contributed by atoms with van der Waals surface area (Å²) in [7, 11) is 0. The molecule has 0 unspecified atom stereocenters. The molecule has 0 saturated heterocycles. The summed E-state index contributed by atoms with van der Waals surface area (Å²) >= 11 is 0. The van der Waals surface area contributed by atoms with Crippen LogP contribution < -0.4 is 5.32 Å². The van der Waals surface area contributed by atoms with Gasteiger partial charge < -0.3 is 5.32 Å². The summed E-state index contributed by atoms with van der Waals surface area (Å²) in [6, 6.07) is 17.9. The van der Waals surface area contributed by atoms with Crippen LogP contribution in [0.4, 0.5) is 11.4 Å². The van der Waals surface area contributed by atoms with Gasteiger partial charge in [0.15, 0.2) is 5.65 Å². The highest BCUT2D eigenvalue weighted by atomic mass is 16.2. The molecule has 0 amide bonds. The number of fused-ring (bicyclic) bond motifs is 1. The highest BCUT2D eigenvalue weighted by molar-refractivity contribution is 6.06. The molecule has 0 bridgehead atoms. The second kappa shape index (κ2) is 10.8. The molecular weight excluding hydrogens is 498 g/mol. The fraction of sp³-hybridized carbons (Fsp3) is 0.281. The number of rotatable bonds is 7. The van der Waals surface area contributed by atoms with Crippen molar-refractivity contribution in [1.29, 1.82) is 5.26 Å². The first-order chi connectivity index (χ1) is 19.5. The van der Waals surface area contributed by atoms with Crippen molar-refractivity contribution in [2.45, 2.75) is 52.0 Å². The van der Waals surface area contributed by atoms with Gasteiger partial charge in [0.2, 0.25) is 0 Å². The van der Waals surface area contributed by atoms with Crippen LogP contribution in [0.5, 0.6) is 0 Å². The number of aryl methyl sites for hydroxylation is 1. The topological polar surface area (TPSA) is 101 Å². The fourth-order valence-electron chi connectivity index (χ4n) is 5.84. The van der Waals surface area contributed by atoms with Gasteiger partial charge >= 0.3 is 0 Å². The summed E-state index contributed by atoms with van der Waals surface area (Å²) < 4.78 is 3.51. The Balaban J connectivity index is 1.33. The monoisotopic (exact) mass is 529 g/mol. The van der Waals surface area contributed by atoms with Crippen LogP contribution in [0.3, 0.4) is 0 Å². The summed E-state index contributed by atoms with van der Waals surface area (Å²) in [6.07, 6.45) is 12.1. The maximum absolute atomic E-state index is 13.9. The number of benzene rings is 2. The van der Waals surface area contributed by atoms with E-state index in [1.807, 2.05) is 53.3 Å². The van der Waals surface area contributed by atoms with Crippen molar-refractivity contribution < 1.29 is 4.79 Å². The lowest BCUT2D eigenvalue weighted by molar-refractivity contribution is 0.0965. The number of para-hydroxylation sites is 1. The van der Waals surface area contributed by atoms with E-state index in [4.69, 9.17) is 0 Å². The van der Waals surface area contributed by atoms with E-state index in [0.29, 0.717) is 29.2 Å². The summed E-state index contributed by atoms with van der Waals surface area (Å²) in [5.74, 6) is 0.285. The van der Waals surface area contributed by atoms with Gasteiger partial charge in [-0.3, -0.25) is 14.0 Å². The van der Waals surface area contributed by atoms with Crippen molar-refractivity contribution in [2.75, 3.05) is 5.32 Å². The van der Waals surface area contributed by atoms with Gasteiger partial charge in [-0.25, -0.2) is 9.97 Å². The number of nitriles is 1. The Bertz CT molecular complexity index is 1740. The van der Waals surface area contributed by atoms with Crippen molar-refractivity contribution in [3.63, 3.8) is 0 Å². The van der Waals surface area contributed by atoms with Crippen LogP contribution in [0.15, 0.2) is 73.4 Å². The molecule has 8 nitrogen and oxygen atoms in total. The first kappa shape index (κ1) is 25.5. The summed E-state index contributed by atoms with van der Waals surface area (Å²) in [5, 5.41) is 18.3. The van der Waals surface area contributed by atoms with E-state index in [1.165, 1.54) is 24.7 Å². The number of nitrogens with one attached hydrogen (secondary N) is 1. The number of anilines is 2. The van der Waals surface area contributed by atoms with Crippen LogP contribution in [-0.2, 0) is 0 Å². The number of carbonyl (C=O) groups is 1. The molecule has 1 saturated carbocycles. The zero-order chi connectivity index (χ0) is 27.6. The van der Waals surface area contributed by atoms with Crippen LogP contribution in [0, 0.1) is 31.1 Å². The SMILES string of the molecule is Cc1cccc(Nc2ccccc2C(=O)n2ccc3c(-c4cnn([C@H](CC#N)C5CCCC5)c4)ncnc32)c1C. The minimum atomic E-state index is -0.181. The largest absolute Gasteiger partial charge is 0.355 e. The molecule has 8 heteroatoms. The smallest absolute Gasteiger partial charge is 0.265 e. The van der Waals surface area contributed by atoms with E-state index in [0.717, 1.165) is 40.7 Å². The van der Waals surface area contributed by atoms with Crippen LogP contribution in [0.2, 0.25) is 0 Å². The minimum Gasteiger partial charge on any atom is -0.355 e. The molecule has 2 aromatic carbocycles. The number of hydrogen-bond donors (Lipinski definition) is 1. The Morgan fingerprint density at radius 1 is 1.07 bits per heavy atom. The Hall–Kier alpha value is -4.77. The summed E-state index contributed by atoms with van der Waals surface area (Å²) in [6.45, 7) is 4.14. The molecule has 3 heterocycles. The molecule has 200 valence electrons. The van der Waals surface area contributed by atoms with Gasteiger partial charge in [0.05, 0.1) is 41.7 Å².